The van der Waals surface area contributed by atoms with Crippen LogP contribution in [0.5, 0.6) is 0 Å². The third-order valence-corrected chi connectivity index (χ3v) is 2.16. The number of H-pyrrole nitrogens is 1. The summed E-state index contributed by atoms with van der Waals surface area (Å²) in [5.41, 5.74) is 1.46. The molecule has 0 saturated carbocycles. The van der Waals surface area contributed by atoms with E-state index in [1.807, 2.05) is 6.07 Å². The van der Waals surface area contributed by atoms with Gasteiger partial charge in [-0.3, -0.25) is 5.10 Å². The second-order valence-corrected chi connectivity index (χ2v) is 3.23. The molecule has 16 heavy (non-hydrogen) atoms. The predicted octanol–water partition coefficient (Wildman–Crippen LogP) is 2.03. The van der Waals surface area contributed by atoms with E-state index in [1.165, 1.54) is 6.07 Å². The van der Waals surface area contributed by atoms with Crippen molar-refractivity contribution in [2.24, 2.45) is 0 Å². The molecule has 0 bridgehead atoms. The van der Waals surface area contributed by atoms with Crippen LogP contribution < -0.4 is 5.32 Å². The zero-order valence-corrected chi connectivity index (χ0v) is 8.37. The summed E-state index contributed by atoms with van der Waals surface area (Å²) in [5.74, 6) is -0.514. The van der Waals surface area contributed by atoms with Crippen molar-refractivity contribution in [3.63, 3.8) is 0 Å². The molecule has 0 unspecified atom stereocenters. The molecule has 4 nitrogen and oxygen atoms in total. The Bertz CT molecular complexity index is 513. The van der Waals surface area contributed by atoms with Crippen molar-refractivity contribution in [1.82, 2.24) is 10.2 Å². The van der Waals surface area contributed by atoms with Crippen LogP contribution in [0.3, 0.4) is 0 Å². The number of nitrogens with one attached hydrogen (secondary N) is 2. The molecular weight excluding hydrogens is 207 g/mol. The van der Waals surface area contributed by atoms with Crippen LogP contribution in [0.25, 0.3) is 0 Å². The molecule has 2 rings (SSSR count). The average Bonchev–Trinajstić information content (AvgIpc) is 2.79. The highest BCUT2D eigenvalue weighted by molar-refractivity contribution is 5.57. The highest BCUT2D eigenvalue weighted by Crippen LogP contribution is 2.18. The van der Waals surface area contributed by atoms with Gasteiger partial charge in [0, 0.05) is 18.3 Å². The minimum Gasteiger partial charge on any atom is -0.380 e. The predicted molar refractivity (Wildman–Crippen MR) is 57.0 cm³/mol. The molecule has 0 atom stereocenters. The number of halogens is 1. The first-order chi connectivity index (χ1) is 7.81. The van der Waals surface area contributed by atoms with Gasteiger partial charge in [0.2, 0.25) is 0 Å². The molecule has 0 aliphatic carbocycles. The van der Waals surface area contributed by atoms with Crippen molar-refractivity contribution in [2.75, 3.05) is 5.32 Å². The van der Waals surface area contributed by atoms with Crippen LogP contribution in [0.4, 0.5) is 10.1 Å². The Hall–Kier alpha value is -2.35. The van der Waals surface area contributed by atoms with Crippen LogP contribution in [-0.4, -0.2) is 10.2 Å². The van der Waals surface area contributed by atoms with Gasteiger partial charge in [-0.2, -0.15) is 10.4 Å². The van der Waals surface area contributed by atoms with Gasteiger partial charge in [-0.15, -0.1) is 0 Å². The molecule has 0 spiro atoms. The van der Waals surface area contributed by atoms with Crippen molar-refractivity contribution in [2.45, 2.75) is 6.54 Å². The van der Waals surface area contributed by atoms with Crippen LogP contribution in [0, 0.1) is 17.1 Å². The lowest BCUT2D eigenvalue weighted by molar-refractivity contribution is 0.624. The third-order valence-electron chi connectivity index (χ3n) is 2.16. The molecule has 1 aromatic carbocycles. The van der Waals surface area contributed by atoms with Crippen molar-refractivity contribution >= 4 is 5.69 Å². The molecule has 0 fully saturated rings. The number of rotatable bonds is 3. The fraction of sp³-hybridized carbons (Fsp3) is 0.0909. The minimum atomic E-state index is -0.514. The van der Waals surface area contributed by atoms with Gasteiger partial charge in [-0.1, -0.05) is 6.07 Å². The standard InChI is InChI=1S/C11H9FN4/c12-10-2-1-3-11(9(10)4-13)14-5-8-6-15-16-7-8/h1-3,6-7,14H,5H2,(H,15,16). The van der Waals surface area contributed by atoms with E-state index < -0.39 is 5.82 Å². The number of anilines is 1. The van der Waals surface area contributed by atoms with Gasteiger partial charge < -0.3 is 5.32 Å². The lowest BCUT2D eigenvalue weighted by Crippen LogP contribution is -2.01. The van der Waals surface area contributed by atoms with E-state index in [9.17, 15) is 4.39 Å². The summed E-state index contributed by atoms with van der Waals surface area (Å²) in [7, 11) is 0. The topological polar surface area (TPSA) is 64.5 Å². The van der Waals surface area contributed by atoms with Crippen LogP contribution in [0.15, 0.2) is 30.6 Å². The van der Waals surface area contributed by atoms with Crippen LogP contribution >= 0.6 is 0 Å². The molecule has 2 aromatic rings. The van der Waals surface area contributed by atoms with Gasteiger partial charge in [-0.05, 0) is 12.1 Å². The van der Waals surface area contributed by atoms with E-state index in [0.29, 0.717) is 12.2 Å². The second kappa shape index (κ2) is 4.45. The first-order valence-electron chi connectivity index (χ1n) is 4.71. The minimum absolute atomic E-state index is 0.0333. The Kier molecular flexibility index (Phi) is 2.83. The number of nitriles is 1. The van der Waals surface area contributed by atoms with E-state index in [1.54, 1.807) is 24.5 Å². The van der Waals surface area contributed by atoms with Crippen molar-refractivity contribution in [3.05, 3.63) is 47.5 Å². The maximum absolute atomic E-state index is 13.2. The fourth-order valence-electron chi connectivity index (χ4n) is 1.36. The quantitative estimate of drug-likeness (QED) is 0.825. The van der Waals surface area contributed by atoms with E-state index in [4.69, 9.17) is 5.26 Å². The van der Waals surface area contributed by atoms with Gasteiger partial charge >= 0.3 is 0 Å². The molecule has 0 aliphatic heterocycles. The SMILES string of the molecule is N#Cc1c(F)cccc1NCc1cn[nH]c1. The molecule has 0 saturated heterocycles. The molecule has 5 heteroatoms. The lowest BCUT2D eigenvalue weighted by Gasteiger charge is -2.06. The monoisotopic (exact) mass is 216 g/mol. The molecule has 0 radical (unpaired) electrons. The Labute approximate surface area is 91.7 Å². The zero-order chi connectivity index (χ0) is 11.4. The van der Waals surface area contributed by atoms with E-state index in [2.05, 4.69) is 15.5 Å². The number of benzene rings is 1. The average molecular weight is 216 g/mol. The summed E-state index contributed by atoms with van der Waals surface area (Å²) in [6.07, 6.45) is 3.40. The molecule has 2 N–H and O–H groups in total. The lowest BCUT2D eigenvalue weighted by atomic mass is 10.2. The fourth-order valence-corrected chi connectivity index (χ4v) is 1.36. The summed E-state index contributed by atoms with van der Waals surface area (Å²) in [6.45, 7) is 0.495. The van der Waals surface area contributed by atoms with Gasteiger partial charge in [-0.25, -0.2) is 4.39 Å². The Balaban J connectivity index is 2.16. The number of hydrogen-bond donors (Lipinski definition) is 2. The van der Waals surface area contributed by atoms with E-state index in [0.717, 1.165) is 5.56 Å². The number of aromatic nitrogens is 2. The van der Waals surface area contributed by atoms with Gasteiger partial charge in [0.25, 0.3) is 0 Å². The Morgan fingerprint density at radius 3 is 3.06 bits per heavy atom. The third kappa shape index (κ3) is 2.01. The van der Waals surface area contributed by atoms with Crippen molar-refractivity contribution in [3.8, 4) is 6.07 Å². The summed E-state index contributed by atoms with van der Waals surface area (Å²) in [6, 6.07) is 6.33. The van der Waals surface area contributed by atoms with Gasteiger partial charge in [0.15, 0.2) is 0 Å². The summed E-state index contributed by atoms with van der Waals surface area (Å²) < 4.78 is 13.2. The number of aromatic amines is 1. The van der Waals surface area contributed by atoms with Crippen LogP contribution in [-0.2, 0) is 6.54 Å². The van der Waals surface area contributed by atoms with Crippen LogP contribution in [0.2, 0.25) is 0 Å². The highest BCUT2D eigenvalue weighted by atomic mass is 19.1. The molecule has 0 aliphatic rings. The first kappa shape index (κ1) is 10.2. The molecule has 1 heterocycles. The maximum Gasteiger partial charge on any atom is 0.143 e. The summed E-state index contributed by atoms with van der Waals surface area (Å²) in [5, 5.41) is 18.3. The van der Waals surface area contributed by atoms with Crippen LogP contribution in [0.1, 0.15) is 11.1 Å². The molecule has 80 valence electrons. The Morgan fingerprint density at radius 2 is 2.38 bits per heavy atom. The van der Waals surface area contributed by atoms with Crippen molar-refractivity contribution < 1.29 is 4.39 Å². The first-order valence-corrected chi connectivity index (χ1v) is 4.71. The van der Waals surface area contributed by atoms with Gasteiger partial charge in [0.05, 0.1) is 11.9 Å². The normalized spacial score (nSPS) is 9.75. The number of nitrogens with zero attached hydrogens (tertiary/aromatic N) is 2. The van der Waals surface area contributed by atoms with E-state index >= 15 is 0 Å². The molecular formula is C11H9FN4. The largest absolute Gasteiger partial charge is 0.380 e. The maximum atomic E-state index is 13.2. The second-order valence-electron chi connectivity index (χ2n) is 3.23. The van der Waals surface area contributed by atoms with Gasteiger partial charge in [0.1, 0.15) is 17.4 Å². The summed E-state index contributed by atoms with van der Waals surface area (Å²) >= 11 is 0. The van der Waals surface area contributed by atoms with Crippen molar-refractivity contribution in [1.29, 1.82) is 5.26 Å². The Morgan fingerprint density at radius 1 is 1.50 bits per heavy atom. The molecule has 0 amide bonds. The number of hydrogen-bond acceptors (Lipinski definition) is 3. The highest BCUT2D eigenvalue weighted by Gasteiger charge is 2.06. The summed E-state index contributed by atoms with van der Waals surface area (Å²) in [4.78, 5) is 0. The zero-order valence-electron chi connectivity index (χ0n) is 8.37. The smallest absolute Gasteiger partial charge is 0.143 e. The van der Waals surface area contributed by atoms with E-state index in [-0.39, 0.29) is 5.56 Å². The molecule has 1 aromatic heterocycles.